The Kier molecular flexibility index (Phi) is 11.2. The van der Waals surface area contributed by atoms with E-state index in [2.05, 4.69) is 36.9 Å². The Morgan fingerprint density at radius 3 is 2.03 bits per heavy atom. The summed E-state index contributed by atoms with van der Waals surface area (Å²) in [5.41, 5.74) is 5.97. The molecule has 0 radical (unpaired) electrons. The van der Waals surface area contributed by atoms with E-state index >= 15 is 0 Å². The molecule has 7 nitrogen and oxygen atoms in total. The van der Waals surface area contributed by atoms with E-state index in [0.29, 0.717) is 11.1 Å². The highest BCUT2D eigenvalue weighted by Crippen LogP contribution is 2.38. The molecule has 3 aromatic rings. The van der Waals surface area contributed by atoms with Crippen molar-refractivity contribution >= 4 is 0 Å². The molecule has 0 bridgehead atoms. The third kappa shape index (κ3) is 7.50. The summed E-state index contributed by atoms with van der Waals surface area (Å²) in [6, 6.07) is 20.1. The lowest BCUT2D eigenvalue weighted by Crippen LogP contribution is -2.64. The summed E-state index contributed by atoms with van der Waals surface area (Å²) >= 11 is 0. The maximum absolute atomic E-state index is 12.4. The number of ether oxygens (including phenoxy) is 1. The lowest BCUT2D eigenvalue weighted by atomic mass is 9.72. The van der Waals surface area contributed by atoms with Crippen LogP contribution in [-0.4, -0.2) is 34.8 Å². The van der Waals surface area contributed by atoms with Crippen molar-refractivity contribution < 1.29 is 25.2 Å². The summed E-state index contributed by atoms with van der Waals surface area (Å²) in [5, 5.41) is 22.6. The van der Waals surface area contributed by atoms with Crippen molar-refractivity contribution in [2.24, 2.45) is 0 Å². The van der Waals surface area contributed by atoms with E-state index in [0.717, 1.165) is 68.8 Å². The molecule has 212 valence electrons. The first-order chi connectivity index (χ1) is 18.8. The van der Waals surface area contributed by atoms with Gasteiger partial charge in [0.25, 0.3) is 5.56 Å². The third-order valence-electron chi connectivity index (χ3n) is 8.36. The van der Waals surface area contributed by atoms with Crippen molar-refractivity contribution in [3.63, 3.8) is 0 Å². The molecule has 4 unspecified atom stereocenters. The van der Waals surface area contributed by atoms with Gasteiger partial charge in [0.2, 0.25) is 6.23 Å². The molecule has 2 aromatic carbocycles. The van der Waals surface area contributed by atoms with Gasteiger partial charge in [-0.05, 0) is 36.8 Å². The second-order valence-electron chi connectivity index (χ2n) is 10.9. The number of hydrogen-bond acceptors (Lipinski definition) is 5. The maximum Gasteiger partial charge on any atom is 0.283 e. The molecule has 1 aromatic heterocycles. The summed E-state index contributed by atoms with van der Waals surface area (Å²) in [6.45, 7) is 4.17. The number of hydrogen-bond donors (Lipinski definition) is 4. The van der Waals surface area contributed by atoms with Crippen LogP contribution >= 0.6 is 0 Å². The van der Waals surface area contributed by atoms with E-state index < -0.39 is 17.1 Å². The van der Waals surface area contributed by atoms with Gasteiger partial charge in [-0.2, -0.15) is 5.16 Å². The van der Waals surface area contributed by atoms with E-state index in [1.54, 1.807) is 13.4 Å². The van der Waals surface area contributed by atoms with Gasteiger partial charge in [0.1, 0.15) is 6.26 Å². The zero-order valence-electron chi connectivity index (χ0n) is 23.6. The molecule has 0 amide bonds. The highest BCUT2D eigenvalue weighted by atomic mass is 16.5. The largest absolute Gasteiger partial charge is 0.515 e. The van der Waals surface area contributed by atoms with E-state index in [9.17, 15) is 15.0 Å². The normalized spacial score (nSPS) is 16.8. The summed E-state index contributed by atoms with van der Waals surface area (Å²) in [6.07, 6.45) is 9.05. The predicted molar refractivity (Wildman–Crippen MR) is 153 cm³/mol. The van der Waals surface area contributed by atoms with E-state index in [1.807, 2.05) is 48.5 Å². The van der Waals surface area contributed by atoms with Crippen molar-refractivity contribution in [2.75, 3.05) is 7.11 Å². The molecule has 6 N–H and O–H groups in total. The van der Waals surface area contributed by atoms with Gasteiger partial charge in [-0.1, -0.05) is 100 Å². The number of methoxy groups -OCH3 is 1. The fourth-order valence-corrected chi connectivity index (χ4v) is 5.81. The van der Waals surface area contributed by atoms with Crippen LogP contribution in [0.5, 0.6) is 0 Å². The minimum absolute atomic E-state index is 0.152. The maximum atomic E-state index is 12.4. The predicted octanol–water partition coefficient (Wildman–Crippen LogP) is 5.37. The van der Waals surface area contributed by atoms with Crippen LogP contribution in [0.2, 0.25) is 0 Å². The second kappa shape index (κ2) is 14.3. The average Bonchev–Trinajstić information content (AvgIpc) is 3.39. The van der Waals surface area contributed by atoms with Crippen LogP contribution in [0.25, 0.3) is 0 Å². The lowest BCUT2D eigenvalue weighted by Gasteiger charge is -2.33. The quantitative estimate of drug-likeness (QED) is 0.111. The summed E-state index contributed by atoms with van der Waals surface area (Å²) in [7, 11) is 1.77. The summed E-state index contributed by atoms with van der Waals surface area (Å²) in [4.78, 5) is 12.4. The van der Waals surface area contributed by atoms with Gasteiger partial charge in [0.05, 0.1) is 23.5 Å². The molecule has 0 fully saturated rings. The molecule has 0 saturated carbocycles. The Morgan fingerprint density at radius 2 is 1.54 bits per heavy atom. The Morgan fingerprint density at radius 1 is 0.974 bits per heavy atom. The number of aliphatic hydroxyl groups is 2. The molecule has 0 aliphatic rings. The fourth-order valence-electron chi connectivity index (χ4n) is 5.81. The van der Waals surface area contributed by atoms with Crippen molar-refractivity contribution in [3.8, 4) is 0 Å². The van der Waals surface area contributed by atoms with Gasteiger partial charge < -0.3 is 25.2 Å². The first-order valence-electron chi connectivity index (χ1n) is 13.9. The average molecular weight is 538 g/mol. The third-order valence-corrected chi connectivity index (χ3v) is 8.36. The van der Waals surface area contributed by atoms with Gasteiger partial charge in [-0.3, -0.25) is 4.79 Å². The summed E-state index contributed by atoms with van der Waals surface area (Å²) in [5.74, 6) is 0. The lowest BCUT2D eigenvalue weighted by molar-refractivity contribution is -0.469. The van der Waals surface area contributed by atoms with Crippen LogP contribution in [0.3, 0.4) is 0 Å². The van der Waals surface area contributed by atoms with Crippen LogP contribution in [0.4, 0.5) is 0 Å². The molecule has 39 heavy (non-hydrogen) atoms. The Hall–Kier alpha value is -3.13. The number of aromatic nitrogens is 1. The number of benzene rings is 2. The van der Waals surface area contributed by atoms with E-state index in [1.165, 1.54) is 0 Å². The zero-order chi connectivity index (χ0) is 28.3. The van der Waals surface area contributed by atoms with Crippen molar-refractivity contribution in [2.45, 2.75) is 88.4 Å². The van der Waals surface area contributed by atoms with Crippen LogP contribution in [0.15, 0.2) is 88.1 Å². The molecule has 0 aliphatic carbocycles. The highest BCUT2D eigenvalue weighted by Gasteiger charge is 2.36. The first kappa shape index (κ1) is 30.4. The topological polar surface area (TPSA) is 123 Å². The number of quaternary nitrogens is 1. The molecule has 0 aliphatic heterocycles. The molecule has 3 rings (SSSR count). The molecule has 1 heterocycles. The van der Waals surface area contributed by atoms with Crippen molar-refractivity contribution in [3.05, 3.63) is 106 Å². The fraction of sp³-hybridized carbons (Fsp3) is 0.469. The molecule has 7 heteroatoms. The molecule has 0 saturated heterocycles. The highest BCUT2D eigenvalue weighted by molar-refractivity contribution is 5.36. The Bertz CT molecular complexity index is 1200. The Labute approximate surface area is 231 Å². The number of aromatic amines is 1. The number of H-pyrrole nitrogens is 1. The molecule has 4 atom stereocenters. The smallest absolute Gasteiger partial charge is 0.283 e. The molecule has 0 spiro atoms. The van der Waals surface area contributed by atoms with Gasteiger partial charge in [-0.15, -0.1) is 0 Å². The van der Waals surface area contributed by atoms with Gasteiger partial charge in [0, 0.05) is 17.9 Å². The Balaban J connectivity index is 1.54. The van der Waals surface area contributed by atoms with Crippen LogP contribution in [-0.2, 0) is 15.6 Å². The number of rotatable bonds is 16. The monoisotopic (exact) mass is 537 g/mol. The van der Waals surface area contributed by atoms with Gasteiger partial charge in [-0.25, -0.2) is 0 Å². The van der Waals surface area contributed by atoms with Gasteiger partial charge >= 0.3 is 0 Å². The number of unbranched alkanes of at least 4 members (excludes halogenated alkanes) is 2. The zero-order valence-corrected chi connectivity index (χ0v) is 23.6. The van der Waals surface area contributed by atoms with Crippen molar-refractivity contribution in [1.29, 1.82) is 0 Å². The summed E-state index contributed by atoms with van der Waals surface area (Å²) < 4.78 is 10.9. The number of aliphatic hydroxyl groups excluding tert-OH is 2. The molecular formula is C32H45N2O5+. The van der Waals surface area contributed by atoms with E-state index in [-0.39, 0.29) is 11.7 Å². The molecular weight excluding hydrogens is 492 g/mol. The van der Waals surface area contributed by atoms with Crippen LogP contribution < -0.4 is 11.3 Å². The van der Waals surface area contributed by atoms with Crippen molar-refractivity contribution in [1.82, 2.24) is 5.16 Å². The first-order valence-corrected chi connectivity index (χ1v) is 13.9. The van der Waals surface area contributed by atoms with Crippen LogP contribution in [0, 0.1) is 0 Å². The standard InChI is InChI=1S/C32H44N2O5/c1-31(27(22-35)29(33)36,24-14-6-4-7-15-24)20-12-10-18-26(38-3)19-11-13-21-32(2,25-16-8-5-9-17-25)28-23-39-34-30(28)37/h4-9,14-17,22-23,26,29,35-36H,10-13,18-21,33H2,1-3H3,(H,34,37)/p+1/b27-22+. The second-order valence-corrected chi connectivity index (χ2v) is 10.9. The minimum Gasteiger partial charge on any atom is -0.515 e. The minimum atomic E-state index is -0.980. The SMILES string of the molecule is COC(CCCCC(C)(/C(=C/O)C([NH3+])O)c1ccccc1)CCCCC(C)(c1ccccc1)c1co[nH]c1=O. The van der Waals surface area contributed by atoms with Crippen LogP contribution in [0.1, 0.15) is 81.9 Å². The van der Waals surface area contributed by atoms with Gasteiger partial charge in [0.15, 0.2) is 0 Å². The number of nitrogens with one attached hydrogen (secondary N) is 1. The van der Waals surface area contributed by atoms with E-state index in [4.69, 9.17) is 9.26 Å².